The largest absolute Gasteiger partial charge is 0.493 e. The molecule has 3 nitrogen and oxygen atoms in total. The van der Waals surface area contributed by atoms with E-state index in [1.165, 1.54) is 4.88 Å². The number of rotatable bonds is 6. The molecule has 0 bridgehead atoms. The van der Waals surface area contributed by atoms with Gasteiger partial charge in [0.1, 0.15) is 10.8 Å². The van der Waals surface area contributed by atoms with Gasteiger partial charge in [-0.2, -0.15) is 0 Å². The fraction of sp³-hybridized carbons (Fsp3) is 0.471. The number of ether oxygens (including phenoxy) is 1. The van der Waals surface area contributed by atoms with E-state index in [0.717, 1.165) is 35.0 Å². The topological polar surface area (TPSA) is 48.1 Å². The normalized spacial score (nSPS) is 12.7. The minimum Gasteiger partial charge on any atom is -0.493 e. The smallest absolute Gasteiger partial charge is 0.123 e. The van der Waals surface area contributed by atoms with Crippen LogP contribution < -0.4 is 10.5 Å². The molecule has 0 saturated carbocycles. The fourth-order valence-electron chi connectivity index (χ4n) is 2.05. The molecule has 0 aliphatic rings. The van der Waals surface area contributed by atoms with Gasteiger partial charge in [0.05, 0.1) is 12.3 Å². The summed E-state index contributed by atoms with van der Waals surface area (Å²) in [5.41, 5.74) is 8.26. The Morgan fingerprint density at radius 2 is 1.86 bits per heavy atom. The van der Waals surface area contributed by atoms with Crippen LogP contribution in [0.15, 0.2) is 24.3 Å². The summed E-state index contributed by atoms with van der Waals surface area (Å²) in [7, 11) is 0. The van der Waals surface area contributed by atoms with Gasteiger partial charge in [0.2, 0.25) is 0 Å². The lowest BCUT2D eigenvalue weighted by molar-refractivity contribution is 0.271. The summed E-state index contributed by atoms with van der Waals surface area (Å²) in [5, 5.41) is 1.04. The van der Waals surface area contributed by atoms with Crippen LogP contribution in [0.1, 0.15) is 44.3 Å². The van der Waals surface area contributed by atoms with Crippen LogP contribution in [0.5, 0.6) is 5.75 Å². The van der Waals surface area contributed by atoms with Crippen LogP contribution in [-0.2, 0) is 6.42 Å². The highest BCUT2D eigenvalue weighted by Crippen LogP contribution is 2.32. The van der Waals surface area contributed by atoms with Gasteiger partial charge in [0.25, 0.3) is 0 Å². The van der Waals surface area contributed by atoms with Gasteiger partial charge in [-0.05, 0) is 43.5 Å². The van der Waals surface area contributed by atoms with Gasteiger partial charge in [-0.1, -0.05) is 20.8 Å². The van der Waals surface area contributed by atoms with Crippen molar-refractivity contribution in [1.82, 2.24) is 4.98 Å². The van der Waals surface area contributed by atoms with E-state index in [1.54, 1.807) is 11.3 Å². The van der Waals surface area contributed by atoms with Crippen LogP contribution in [0.2, 0.25) is 0 Å². The van der Waals surface area contributed by atoms with Gasteiger partial charge in [-0.25, -0.2) is 4.98 Å². The molecule has 0 fully saturated rings. The SMILES string of the molecule is CCc1nc(-c2ccc(OCC(C)C)cc2)sc1C(C)N. The molecular formula is C17H24N2OS. The van der Waals surface area contributed by atoms with Crippen molar-refractivity contribution in [3.05, 3.63) is 34.8 Å². The lowest BCUT2D eigenvalue weighted by Crippen LogP contribution is -2.05. The highest BCUT2D eigenvalue weighted by molar-refractivity contribution is 7.15. The first kappa shape index (κ1) is 16.0. The van der Waals surface area contributed by atoms with Crippen molar-refractivity contribution in [2.45, 2.75) is 40.2 Å². The van der Waals surface area contributed by atoms with Crippen LogP contribution in [-0.4, -0.2) is 11.6 Å². The van der Waals surface area contributed by atoms with E-state index in [0.29, 0.717) is 5.92 Å². The molecule has 2 N–H and O–H groups in total. The van der Waals surface area contributed by atoms with Crippen LogP contribution in [0.3, 0.4) is 0 Å². The lowest BCUT2D eigenvalue weighted by atomic mass is 10.2. The fourth-order valence-corrected chi connectivity index (χ4v) is 3.16. The first-order chi connectivity index (χ1) is 10.0. The van der Waals surface area contributed by atoms with Crippen molar-refractivity contribution in [2.24, 2.45) is 11.7 Å². The van der Waals surface area contributed by atoms with E-state index in [-0.39, 0.29) is 6.04 Å². The number of hydrogen-bond acceptors (Lipinski definition) is 4. The molecule has 114 valence electrons. The van der Waals surface area contributed by atoms with E-state index in [4.69, 9.17) is 15.5 Å². The summed E-state index contributed by atoms with van der Waals surface area (Å²) >= 11 is 1.69. The van der Waals surface area contributed by atoms with Gasteiger partial charge >= 0.3 is 0 Å². The van der Waals surface area contributed by atoms with Crippen LogP contribution in [0.25, 0.3) is 10.6 Å². The first-order valence-corrected chi connectivity index (χ1v) is 8.31. The Morgan fingerprint density at radius 3 is 2.33 bits per heavy atom. The number of benzene rings is 1. The van der Waals surface area contributed by atoms with Crippen molar-refractivity contribution in [2.75, 3.05) is 6.61 Å². The summed E-state index contributed by atoms with van der Waals surface area (Å²) in [6.07, 6.45) is 0.920. The monoisotopic (exact) mass is 304 g/mol. The van der Waals surface area contributed by atoms with Crippen LogP contribution in [0, 0.1) is 5.92 Å². The molecule has 0 saturated heterocycles. The molecule has 1 atom stereocenters. The third kappa shape index (κ3) is 4.05. The second kappa shape index (κ2) is 7.05. The molecule has 2 rings (SSSR count). The second-order valence-electron chi connectivity index (χ2n) is 5.70. The van der Waals surface area contributed by atoms with Crippen molar-refractivity contribution in [1.29, 1.82) is 0 Å². The van der Waals surface area contributed by atoms with E-state index in [1.807, 2.05) is 19.1 Å². The van der Waals surface area contributed by atoms with Crippen molar-refractivity contribution in [3.63, 3.8) is 0 Å². The van der Waals surface area contributed by atoms with E-state index >= 15 is 0 Å². The number of aryl methyl sites for hydroxylation is 1. The van der Waals surface area contributed by atoms with E-state index in [2.05, 4.69) is 32.9 Å². The standard InChI is InChI=1S/C17H24N2OS/c1-5-15-16(12(4)18)21-17(19-15)13-6-8-14(9-7-13)20-10-11(2)3/h6-9,11-12H,5,10,18H2,1-4H3. The lowest BCUT2D eigenvalue weighted by Gasteiger charge is -2.08. The highest BCUT2D eigenvalue weighted by atomic mass is 32.1. The first-order valence-electron chi connectivity index (χ1n) is 7.49. The molecule has 1 aromatic heterocycles. The predicted octanol–water partition coefficient (Wildman–Crippen LogP) is 4.43. The van der Waals surface area contributed by atoms with Gasteiger partial charge in [0.15, 0.2) is 0 Å². The molecule has 0 amide bonds. The van der Waals surface area contributed by atoms with Crippen LogP contribution >= 0.6 is 11.3 Å². The molecule has 21 heavy (non-hydrogen) atoms. The summed E-state index contributed by atoms with van der Waals surface area (Å²) in [4.78, 5) is 5.91. The third-order valence-electron chi connectivity index (χ3n) is 3.16. The summed E-state index contributed by atoms with van der Waals surface area (Å²) < 4.78 is 5.71. The highest BCUT2D eigenvalue weighted by Gasteiger charge is 2.14. The van der Waals surface area contributed by atoms with Crippen molar-refractivity contribution < 1.29 is 4.74 Å². The Hall–Kier alpha value is -1.39. The average molecular weight is 304 g/mol. The quantitative estimate of drug-likeness (QED) is 0.859. The Labute approximate surface area is 131 Å². The maximum atomic E-state index is 6.02. The van der Waals surface area contributed by atoms with Crippen LogP contribution in [0.4, 0.5) is 0 Å². The van der Waals surface area contributed by atoms with Crippen molar-refractivity contribution in [3.8, 4) is 16.3 Å². The number of nitrogens with two attached hydrogens (primary N) is 1. The second-order valence-corrected chi connectivity index (χ2v) is 6.73. The van der Waals surface area contributed by atoms with E-state index in [9.17, 15) is 0 Å². The molecule has 1 heterocycles. The zero-order chi connectivity index (χ0) is 15.4. The molecule has 0 radical (unpaired) electrons. The van der Waals surface area contributed by atoms with E-state index < -0.39 is 0 Å². The predicted molar refractivity (Wildman–Crippen MR) is 89.9 cm³/mol. The van der Waals surface area contributed by atoms with Gasteiger partial charge < -0.3 is 10.5 Å². The number of aromatic nitrogens is 1. The maximum Gasteiger partial charge on any atom is 0.123 e. The summed E-state index contributed by atoms with van der Waals surface area (Å²) in [6.45, 7) is 9.16. The molecular weight excluding hydrogens is 280 g/mol. The Balaban J connectivity index is 2.18. The number of thiazole rings is 1. The van der Waals surface area contributed by atoms with Crippen molar-refractivity contribution >= 4 is 11.3 Å². The van der Waals surface area contributed by atoms with Gasteiger partial charge in [-0.3, -0.25) is 0 Å². The zero-order valence-corrected chi connectivity index (χ0v) is 14.0. The molecule has 2 aromatic rings. The molecule has 1 unspecified atom stereocenters. The van der Waals surface area contributed by atoms with Gasteiger partial charge in [0, 0.05) is 16.5 Å². The zero-order valence-electron chi connectivity index (χ0n) is 13.2. The number of nitrogens with zero attached hydrogens (tertiary/aromatic N) is 1. The maximum absolute atomic E-state index is 6.02. The third-order valence-corrected chi connectivity index (χ3v) is 4.51. The van der Waals surface area contributed by atoms with Gasteiger partial charge in [-0.15, -0.1) is 11.3 Å². The molecule has 0 aliphatic heterocycles. The molecule has 4 heteroatoms. The minimum absolute atomic E-state index is 0.0415. The Morgan fingerprint density at radius 1 is 1.19 bits per heavy atom. The molecule has 1 aromatic carbocycles. The summed E-state index contributed by atoms with van der Waals surface area (Å²) in [6, 6.07) is 8.20. The number of hydrogen-bond donors (Lipinski definition) is 1. The molecule has 0 spiro atoms. The minimum atomic E-state index is 0.0415. The average Bonchev–Trinajstić information content (AvgIpc) is 2.90. The summed E-state index contributed by atoms with van der Waals surface area (Å²) in [5.74, 6) is 1.44. The molecule has 0 aliphatic carbocycles. The Kier molecular flexibility index (Phi) is 5.37. The Bertz CT molecular complexity index is 573.